The van der Waals surface area contributed by atoms with E-state index in [0.717, 1.165) is 16.7 Å². The summed E-state index contributed by atoms with van der Waals surface area (Å²) in [6.07, 6.45) is 1.37. The van der Waals surface area contributed by atoms with Gasteiger partial charge in [0.2, 0.25) is 0 Å². The minimum absolute atomic E-state index is 0.0216. The van der Waals surface area contributed by atoms with Gasteiger partial charge in [0.15, 0.2) is 0 Å². The zero-order chi connectivity index (χ0) is 17.7. The Bertz CT molecular complexity index is 850. The molecule has 0 saturated carbocycles. The summed E-state index contributed by atoms with van der Waals surface area (Å²) in [5.74, 6) is -0.463. The lowest BCUT2D eigenvalue weighted by molar-refractivity contribution is -0.112. The van der Waals surface area contributed by atoms with Crippen LogP contribution in [0.5, 0.6) is 0 Å². The first-order valence-corrected chi connectivity index (χ1v) is 7.80. The lowest BCUT2D eigenvalue weighted by Crippen LogP contribution is -2.15. The number of halogens is 1. The van der Waals surface area contributed by atoms with Crippen LogP contribution in [-0.4, -0.2) is 5.91 Å². The highest BCUT2D eigenvalue weighted by atomic mass is 35.5. The normalized spacial score (nSPS) is 10.9. The summed E-state index contributed by atoms with van der Waals surface area (Å²) in [5, 5.41) is 15.5. The molecule has 0 atom stereocenters. The van der Waals surface area contributed by atoms with Crippen molar-refractivity contribution in [1.82, 2.24) is 0 Å². The Kier molecular flexibility index (Phi) is 5.62. The molecular formula is C19H18ClN3O. The van der Waals surface area contributed by atoms with Crippen molar-refractivity contribution >= 4 is 28.9 Å². The summed E-state index contributed by atoms with van der Waals surface area (Å²) >= 11 is 6.06. The summed E-state index contributed by atoms with van der Waals surface area (Å²) in [4.78, 5) is 12.3. The summed E-state index contributed by atoms with van der Waals surface area (Å²) in [7, 11) is 0. The molecule has 2 aromatic carbocycles. The van der Waals surface area contributed by atoms with Gasteiger partial charge in [-0.05, 0) is 50.1 Å². The number of hydrogen-bond donors (Lipinski definition) is 2. The van der Waals surface area contributed by atoms with E-state index in [4.69, 9.17) is 11.6 Å². The van der Waals surface area contributed by atoms with Crippen molar-refractivity contribution in [2.75, 3.05) is 10.6 Å². The Balaban J connectivity index is 2.13. The number of aryl methyl sites for hydroxylation is 3. The molecule has 5 heteroatoms. The van der Waals surface area contributed by atoms with Crippen LogP contribution in [0.2, 0.25) is 5.02 Å². The molecule has 0 aliphatic rings. The predicted molar refractivity (Wildman–Crippen MR) is 98.1 cm³/mol. The molecule has 0 unspecified atom stereocenters. The molecule has 2 N–H and O–H groups in total. The van der Waals surface area contributed by atoms with Crippen molar-refractivity contribution in [2.24, 2.45) is 0 Å². The molecule has 0 aliphatic carbocycles. The van der Waals surface area contributed by atoms with Crippen molar-refractivity contribution in [3.05, 3.63) is 69.9 Å². The third kappa shape index (κ3) is 4.37. The van der Waals surface area contributed by atoms with Crippen molar-refractivity contribution in [1.29, 1.82) is 5.26 Å². The fourth-order valence-electron chi connectivity index (χ4n) is 2.13. The monoisotopic (exact) mass is 339 g/mol. The molecule has 2 rings (SSSR count). The molecule has 4 nitrogen and oxygen atoms in total. The van der Waals surface area contributed by atoms with E-state index in [1.165, 1.54) is 6.20 Å². The maximum Gasteiger partial charge on any atom is 0.267 e. The van der Waals surface area contributed by atoms with E-state index in [1.54, 1.807) is 6.07 Å². The molecule has 24 heavy (non-hydrogen) atoms. The van der Waals surface area contributed by atoms with Gasteiger partial charge in [0, 0.05) is 22.6 Å². The second kappa shape index (κ2) is 7.67. The highest BCUT2D eigenvalue weighted by Crippen LogP contribution is 2.20. The highest BCUT2D eigenvalue weighted by Gasteiger charge is 2.10. The van der Waals surface area contributed by atoms with Gasteiger partial charge in [-0.15, -0.1) is 0 Å². The van der Waals surface area contributed by atoms with Crippen LogP contribution in [-0.2, 0) is 4.79 Å². The maximum atomic E-state index is 12.3. The smallest absolute Gasteiger partial charge is 0.267 e. The minimum Gasteiger partial charge on any atom is -0.360 e. The topological polar surface area (TPSA) is 64.9 Å². The van der Waals surface area contributed by atoms with E-state index in [2.05, 4.69) is 10.6 Å². The Morgan fingerprint density at radius 1 is 1.12 bits per heavy atom. The lowest BCUT2D eigenvalue weighted by atomic mass is 10.1. The Hall–Kier alpha value is -2.77. The van der Waals surface area contributed by atoms with Gasteiger partial charge in [-0.25, -0.2) is 0 Å². The number of hydrogen-bond acceptors (Lipinski definition) is 3. The van der Waals surface area contributed by atoms with E-state index in [1.807, 2.05) is 57.2 Å². The quantitative estimate of drug-likeness (QED) is 0.625. The number of anilines is 2. The third-order valence-electron chi connectivity index (χ3n) is 3.55. The first-order chi connectivity index (χ1) is 11.4. The summed E-state index contributed by atoms with van der Waals surface area (Å²) in [6, 6.07) is 13.0. The molecule has 122 valence electrons. The number of carbonyl (C=O) groups excluding carboxylic acids is 1. The van der Waals surface area contributed by atoms with Crippen molar-refractivity contribution in [3.8, 4) is 6.07 Å². The van der Waals surface area contributed by atoms with Crippen LogP contribution in [0.3, 0.4) is 0 Å². The Morgan fingerprint density at radius 3 is 2.50 bits per heavy atom. The Labute approximate surface area is 146 Å². The molecule has 0 radical (unpaired) electrons. The van der Waals surface area contributed by atoms with Crippen LogP contribution in [0, 0.1) is 32.1 Å². The predicted octanol–water partition coefficient (Wildman–Crippen LogP) is 4.72. The minimum atomic E-state index is -0.463. The number of nitriles is 1. The van der Waals surface area contributed by atoms with E-state index in [-0.39, 0.29) is 5.57 Å². The van der Waals surface area contributed by atoms with E-state index < -0.39 is 5.91 Å². The van der Waals surface area contributed by atoms with Gasteiger partial charge in [0.05, 0.1) is 0 Å². The average Bonchev–Trinajstić information content (AvgIpc) is 2.54. The third-order valence-corrected chi connectivity index (χ3v) is 3.96. The SMILES string of the molecule is Cc1ccc(NC(=O)/C(C#N)=C\Nc2ccc(C)c(Cl)c2)c(C)c1. The van der Waals surface area contributed by atoms with Gasteiger partial charge in [0.25, 0.3) is 5.91 Å². The highest BCUT2D eigenvalue weighted by molar-refractivity contribution is 6.31. The Morgan fingerprint density at radius 2 is 1.88 bits per heavy atom. The fraction of sp³-hybridized carbons (Fsp3) is 0.158. The largest absolute Gasteiger partial charge is 0.360 e. The van der Waals surface area contributed by atoms with Gasteiger partial charge in [0.1, 0.15) is 11.6 Å². The standard InChI is InChI=1S/C19H18ClN3O/c1-12-4-7-18(14(3)8-12)23-19(24)15(10-21)11-22-16-6-5-13(2)17(20)9-16/h4-9,11,22H,1-3H3,(H,23,24)/b15-11-. The van der Waals surface area contributed by atoms with Crippen molar-refractivity contribution in [3.63, 3.8) is 0 Å². The zero-order valence-electron chi connectivity index (χ0n) is 13.8. The molecule has 0 bridgehead atoms. The molecule has 0 aliphatic heterocycles. The van der Waals surface area contributed by atoms with Gasteiger partial charge < -0.3 is 10.6 Å². The zero-order valence-corrected chi connectivity index (χ0v) is 14.5. The van der Waals surface area contributed by atoms with Gasteiger partial charge in [-0.1, -0.05) is 35.4 Å². The van der Waals surface area contributed by atoms with Gasteiger partial charge in [-0.2, -0.15) is 5.26 Å². The van der Waals surface area contributed by atoms with E-state index in [9.17, 15) is 10.1 Å². The second-order valence-electron chi connectivity index (χ2n) is 5.55. The van der Waals surface area contributed by atoms with E-state index in [0.29, 0.717) is 16.4 Å². The van der Waals surface area contributed by atoms with Crippen LogP contribution in [0.15, 0.2) is 48.2 Å². The van der Waals surface area contributed by atoms with Crippen LogP contribution in [0.25, 0.3) is 0 Å². The lowest BCUT2D eigenvalue weighted by Gasteiger charge is -2.09. The fourth-order valence-corrected chi connectivity index (χ4v) is 2.31. The molecule has 2 aromatic rings. The molecule has 0 fully saturated rings. The molecule has 0 aromatic heterocycles. The first-order valence-electron chi connectivity index (χ1n) is 7.42. The molecule has 0 saturated heterocycles. The number of nitrogens with zero attached hydrogens (tertiary/aromatic N) is 1. The average molecular weight is 340 g/mol. The molecule has 0 spiro atoms. The van der Waals surface area contributed by atoms with Crippen molar-refractivity contribution in [2.45, 2.75) is 20.8 Å². The van der Waals surface area contributed by atoms with Crippen LogP contribution in [0.1, 0.15) is 16.7 Å². The summed E-state index contributed by atoms with van der Waals surface area (Å²) < 4.78 is 0. The summed E-state index contributed by atoms with van der Waals surface area (Å²) in [6.45, 7) is 5.79. The van der Waals surface area contributed by atoms with Crippen molar-refractivity contribution < 1.29 is 4.79 Å². The second-order valence-corrected chi connectivity index (χ2v) is 5.96. The number of nitrogens with one attached hydrogen (secondary N) is 2. The molecule has 0 heterocycles. The summed E-state index contributed by atoms with van der Waals surface area (Å²) in [5.41, 5.74) is 4.38. The van der Waals surface area contributed by atoms with E-state index >= 15 is 0 Å². The number of amides is 1. The number of carbonyl (C=O) groups is 1. The van der Waals surface area contributed by atoms with Crippen LogP contribution < -0.4 is 10.6 Å². The molecule has 1 amide bonds. The molecular weight excluding hydrogens is 322 g/mol. The van der Waals surface area contributed by atoms with Gasteiger partial charge in [-0.3, -0.25) is 4.79 Å². The van der Waals surface area contributed by atoms with Crippen LogP contribution >= 0.6 is 11.6 Å². The number of benzene rings is 2. The maximum absolute atomic E-state index is 12.3. The number of rotatable bonds is 4. The van der Waals surface area contributed by atoms with Gasteiger partial charge >= 0.3 is 0 Å². The first kappa shape index (κ1) is 17.6. The van der Waals surface area contributed by atoms with Crippen LogP contribution in [0.4, 0.5) is 11.4 Å².